The molecule has 0 aliphatic heterocycles. The van der Waals surface area contributed by atoms with Gasteiger partial charge in [0.05, 0.1) is 5.56 Å². The van der Waals surface area contributed by atoms with Gasteiger partial charge in [-0.15, -0.1) is 0 Å². The molecule has 5 rings (SSSR count). The summed E-state index contributed by atoms with van der Waals surface area (Å²) in [6, 6.07) is 15.0. The molecule has 5 aromatic rings. The number of hydrogen-bond acceptors (Lipinski definition) is 2. The Morgan fingerprint density at radius 3 is 1.84 bits per heavy atom. The van der Waals surface area contributed by atoms with Crippen molar-refractivity contribution in [1.29, 1.82) is 0 Å². The summed E-state index contributed by atoms with van der Waals surface area (Å²) in [5.41, 5.74) is -1.02. The normalized spacial score (nSPS) is 11.4. The number of unbranched alkanes of at least 4 members (excludes halogenated alkanes) is 1. The lowest BCUT2D eigenvalue weighted by molar-refractivity contribution is -0.189. The first-order chi connectivity index (χ1) is 24.2. The van der Waals surface area contributed by atoms with Gasteiger partial charge in [-0.2, -0.15) is 17.6 Å². The van der Waals surface area contributed by atoms with E-state index in [0.717, 1.165) is 30.9 Å². The maximum atomic E-state index is 15.2. The summed E-state index contributed by atoms with van der Waals surface area (Å²) >= 11 is 0. The van der Waals surface area contributed by atoms with Crippen LogP contribution in [0.2, 0.25) is 0 Å². The molecule has 0 saturated carbocycles. The first-order valence-corrected chi connectivity index (χ1v) is 15.4. The summed E-state index contributed by atoms with van der Waals surface area (Å²) in [5, 5.41) is 0. The summed E-state index contributed by atoms with van der Waals surface area (Å²) in [6.07, 6.45) is -1.72. The third-order valence-corrected chi connectivity index (χ3v) is 7.76. The molecule has 264 valence electrons. The molecule has 0 atom stereocenters. The standard InChI is InChI=1S/C39H26F10O2/c1-3-4-5-22-6-9-24(10-7-22)25-11-13-29(30(40)17-25)26-18-32(42)36(33(43)19-26)39(48,49)51-27-14-21(2)28(31(41)20-27)12-8-23-15-34(44)37(35(45)16-23)50-38(46)47/h6-7,9-11,13-20,38H,3-5H2,1-2H3. The highest BCUT2D eigenvalue weighted by atomic mass is 19.3. The van der Waals surface area contributed by atoms with E-state index in [9.17, 15) is 22.0 Å². The van der Waals surface area contributed by atoms with E-state index in [1.807, 2.05) is 24.3 Å². The van der Waals surface area contributed by atoms with Crippen LogP contribution in [0.15, 0.2) is 78.9 Å². The monoisotopic (exact) mass is 716 g/mol. The van der Waals surface area contributed by atoms with E-state index >= 15 is 22.0 Å². The molecule has 0 bridgehead atoms. The molecule has 0 aromatic heterocycles. The SMILES string of the molecule is CCCCc1ccc(-c2ccc(-c3cc(F)c(C(F)(F)Oc4cc(C)c(C#Cc5cc(F)c(OC(F)F)c(F)c5)c(F)c4)c(F)c3)c(F)c2)cc1. The van der Waals surface area contributed by atoms with Gasteiger partial charge in [-0.1, -0.05) is 61.6 Å². The molecule has 0 aliphatic rings. The second-order valence-electron chi connectivity index (χ2n) is 11.4. The number of hydrogen-bond donors (Lipinski definition) is 0. The minimum atomic E-state index is -4.68. The quantitative estimate of drug-likeness (QED) is 0.106. The van der Waals surface area contributed by atoms with Crippen molar-refractivity contribution in [3.8, 4) is 45.6 Å². The zero-order valence-electron chi connectivity index (χ0n) is 26.8. The second-order valence-corrected chi connectivity index (χ2v) is 11.4. The molecule has 0 aliphatic carbocycles. The van der Waals surface area contributed by atoms with Crippen molar-refractivity contribution in [3.05, 3.63) is 142 Å². The van der Waals surface area contributed by atoms with Crippen LogP contribution in [0, 0.1) is 53.7 Å². The first kappa shape index (κ1) is 36.8. The molecule has 0 radical (unpaired) electrons. The lowest BCUT2D eigenvalue weighted by Crippen LogP contribution is -2.25. The average molecular weight is 717 g/mol. The molecule has 51 heavy (non-hydrogen) atoms. The van der Waals surface area contributed by atoms with Crippen molar-refractivity contribution < 1.29 is 53.4 Å². The predicted molar refractivity (Wildman–Crippen MR) is 170 cm³/mol. The van der Waals surface area contributed by atoms with E-state index in [2.05, 4.69) is 28.2 Å². The second kappa shape index (κ2) is 15.2. The molecule has 0 spiro atoms. The van der Waals surface area contributed by atoms with Gasteiger partial charge in [0.1, 0.15) is 34.6 Å². The zero-order chi connectivity index (χ0) is 37.0. The molecule has 0 amide bonds. The van der Waals surface area contributed by atoms with Crippen molar-refractivity contribution >= 4 is 0 Å². The Morgan fingerprint density at radius 2 is 1.27 bits per heavy atom. The molecule has 0 unspecified atom stereocenters. The fourth-order valence-electron chi connectivity index (χ4n) is 5.28. The van der Waals surface area contributed by atoms with Crippen molar-refractivity contribution in [2.75, 3.05) is 0 Å². The van der Waals surface area contributed by atoms with Gasteiger partial charge in [0, 0.05) is 17.2 Å². The smallest absolute Gasteiger partial charge is 0.429 e. The van der Waals surface area contributed by atoms with Gasteiger partial charge in [-0.3, -0.25) is 0 Å². The van der Waals surface area contributed by atoms with E-state index < -0.39 is 75.8 Å². The van der Waals surface area contributed by atoms with Crippen LogP contribution in [0.4, 0.5) is 43.9 Å². The highest BCUT2D eigenvalue weighted by molar-refractivity contribution is 5.71. The van der Waals surface area contributed by atoms with Crippen LogP contribution in [0.3, 0.4) is 0 Å². The van der Waals surface area contributed by atoms with E-state index in [1.165, 1.54) is 25.1 Å². The maximum absolute atomic E-state index is 15.2. The summed E-state index contributed by atoms with van der Waals surface area (Å²) < 4.78 is 152. The van der Waals surface area contributed by atoms with Crippen LogP contribution >= 0.6 is 0 Å². The predicted octanol–water partition coefficient (Wildman–Crippen LogP) is 11.6. The molecule has 2 nitrogen and oxygen atoms in total. The van der Waals surface area contributed by atoms with Gasteiger partial charge < -0.3 is 9.47 Å². The molecule has 0 fully saturated rings. The Bertz CT molecular complexity index is 2060. The molecular formula is C39H26F10O2. The summed E-state index contributed by atoms with van der Waals surface area (Å²) in [5.74, 6) is -6.32. The average Bonchev–Trinajstić information content (AvgIpc) is 3.04. The van der Waals surface area contributed by atoms with E-state index in [1.54, 1.807) is 0 Å². The Morgan fingerprint density at radius 1 is 0.667 bits per heavy atom. The van der Waals surface area contributed by atoms with Gasteiger partial charge >= 0.3 is 12.7 Å². The minimum absolute atomic E-state index is 0.116. The molecule has 12 heteroatoms. The van der Waals surface area contributed by atoms with E-state index in [-0.39, 0.29) is 16.7 Å². The fourth-order valence-corrected chi connectivity index (χ4v) is 5.28. The highest BCUT2D eigenvalue weighted by Gasteiger charge is 2.41. The number of aryl methyl sites for hydroxylation is 2. The van der Waals surface area contributed by atoms with Crippen molar-refractivity contribution in [2.45, 2.75) is 45.8 Å². The van der Waals surface area contributed by atoms with Crippen molar-refractivity contribution in [1.82, 2.24) is 0 Å². The van der Waals surface area contributed by atoms with Crippen LogP contribution in [0.5, 0.6) is 11.5 Å². The molecule has 0 heterocycles. The topological polar surface area (TPSA) is 18.5 Å². The number of ether oxygens (including phenoxy) is 2. The number of rotatable bonds is 10. The molecule has 5 aromatic carbocycles. The van der Waals surface area contributed by atoms with Gasteiger partial charge in [0.2, 0.25) is 0 Å². The summed E-state index contributed by atoms with van der Waals surface area (Å²) in [4.78, 5) is 0. The lowest BCUT2D eigenvalue weighted by Gasteiger charge is -2.20. The Labute approximate surface area is 286 Å². The molecular weight excluding hydrogens is 690 g/mol. The van der Waals surface area contributed by atoms with Crippen LogP contribution < -0.4 is 9.47 Å². The van der Waals surface area contributed by atoms with Crippen LogP contribution in [0.1, 0.15) is 47.6 Å². The third-order valence-electron chi connectivity index (χ3n) is 7.76. The minimum Gasteiger partial charge on any atom is -0.429 e. The van der Waals surface area contributed by atoms with Crippen LogP contribution in [0.25, 0.3) is 22.3 Å². The Hall–Kier alpha value is -5.44. The summed E-state index contributed by atoms with van der Waals surface area (Å²) in [7, 11) is 0. The van der Waals surface area contributed by atoms with Gasteiger partial charge in [-0.05, 0) is 84.0 Å². The Kier molecular flexibility index (Phi) is 11.0. The van der Waals surface area contributed by atoms with E-state index in [0.29, 0.717) is 41.5 Å². The number of benzene rings is 5. The fraction of sp³-hybridized carbons (Fsp3) is 0.179. The number of alkyl halides is 4. The van der Waals surface area contributed by atoms with E-state index in [4.69, 9.17) is 0 Å². The molecule has 0 saturated heterocycles. The Balaban J connectivity index is 1.36. The first-order valence-electron chi connectivity index (χ1n) is 15.4. The molecule has 0 N–H and O–H groups in total. The van der Waals surface area contributed by atoms with Crippen LogP contribution in [-0.2, 0) is 12.5 Å². The highest BCUT2D eigenvalue weighted by Crippen LogP contribution is 2.39. The largest absolute Gasteiger partial charge is 0.432 e. The lowest BCUT2D eigenvalue weighted by atomic mass is 9.97. The van der Waals surface area contributed by atoms with Crippen molar-refractivity contribution in [3.63, 3.8) is 0 Å². The van der Waals surface area contributed by atoms with Gasteiger partial charge in [-0.25, -0.2) is 26.3 Å². The maximum Gasteiger partial charge on any atom is 0.432 e. The number of halogens is 10. The van der Waals surface area contributed by atoms with Gasteiger partial charge in [0.15, 0.2) is 17.4 Å². The summed E-state index contributed by atoms with van der Waals surface area (Å²) in [6.45, 7) is -0.200. The zero-order valence-corrected chi connectivity index (χ0v) is 26.8. The third kappa shape index (κ3) is 8.48. The van der Waals surface area contributed by atoms with Crippen LogP contribution in [-0.4, -0.2) is 6.61 Å². The van der Waals surface area contributed by atoms with Crippen molar-refractivity contribution in [2.24, 2.45) is 0 Å². The van der Waals surface area contributed by atoms with Gasteiger partial charge in [0.25, 0.3) is 0 Å².